The molecule has 0 saturated heterocycles. The summed E-state index contributed by atoms with van der Waals surface area (Å²) in [5.41, 5.74) is 1.27. The molecule has 0 aliphatic heterocycles. The number of rotatable bonds is 4. The maximum atomic E-state index is 11.1. The molecular formula is C16H16N2O5. The molecule has 23 heavy (non-hydrogen) atoms. The van der Waals surface area contributed by atoms with Gasteiger partial charge in [0.15, 0.2) is 0 Å². The standard InChI is InChI=1S/C9H9NO3.C7H7NO2/c1-13-9(12)7-4-2-3-5-8(7)10-6-11;1-10-7(9)6-3-2-4-8-5-6/h2-6H,1H3,(H,10,11);2-5H,1H3. The van der Waals surface area contributed by atoms with E-state index in [0.717, 1.165) is 0 Å². The van der Waals surface area contributed by atoms with Crippen molar-refractivity contribution >= 4 is 24.0 Å². The molecule has 7 heteroatoms. The maximum absolute atomic E-state index is 11.1. The molecule has 0 spiro atoms. The number of hydrogen-bond acceptors (Lipinski definition) is 6. The van der Waals surface area contributed by atoms with Gasteiger partial charge < -0.3 is 14.8 Å². The van der Waals surface area contributed by atoms with Crippen LogP contribution in [0.4, 0.5) is 5.69 Å². The average molecular weight is 316 g/mol. The number of anilines is 1. The van der Waals surface area contributed by atoms with Crippen molar-refractivity contribution in [2.45, 2.75) is 0 Å². The van der Waals surface area contributed by atoms with Gasteiger partial charge in [-0.1, -0.05) is 12.1 Å². The number of ether oxygens (including phenoxy) is 2. The van der Waals surface area contributed by atoms with E-state index in [2.05, 4.69) is 19.8 Å². The monoisotopic (exact) mass is 316 g/mol. The highest BCUT2D eigenvalue weighted by Crippen LogP contribution is 2.14. The fraction of sp³-hybridized carbons (Fsp3) is 0.125. The number of carbonyl (C=O) groups excluding carboxylic acids is 3. The van der Waals surface area contributed by atoms with E-state index in [4.69, 9.17) is 0 Å². The minimum Gasteiger partial charge on any atom is -0.465 e. The predicted octanol–water partition coefficient (Wildman–Crippen LogP) is 1.91. The van der Waals surface area contributed by atoms with Crippen molar-refractivity contribution in [1.29, 1.82) is 0 Å². The summed E-state index contributed by atoms with van der Waals surface area (Å²) < 4.78 is 8.99. The fourth-order valence-electron chi connectivity index (χ4n) is 1.56. The van der Waals surface area contributed by atoms with Crippen molar-refractivity contribution in [1.82, 2.24) is 4.98 Å². The molecule has 7 nitrogen and oxygen atoms in total. The molecule has 0 saturated carbocycles. The lowest BCUT2D eigenvalue weighted by molar-refractivity contribution is -0.105. The van der Waals surface area contributed by atoms with Gasteiger partial charge in [-0.2, -0.15) is 0 Å². The lowest BCUT2D eigenvalue weighted by Gasteiger charge is -2.04. The lowest BCUT2D eigenvalue weighted by atomic mass is 10.2. The number of aromatic nitrogens is 1. The summed E-state index contributed by atoms with van der Waals surface area (Å²) in [6.07, 6.45) is 3.58. The summed E-state index contributed by atoms with van der Waals surface area (Å²) in [7, 11) is 2.63. The van der Waals surface area contributed by atoms with Gasteiger partial charge in [0.25, 0.3) is 0 Å². The summed E-state index contributed by atoms with van der Waals surface area (Å²) >= 11 is 0. The van der Waals surface area contributed by atoms with Crippen molar-refractivity contribution in [3.63, 3.8) is 0 Å². The fourth-order valence-corrected chi connectivity index (χ4v) is 1.56. The topological polar surface area (TPSA) is 94.6 Å². The third-order valence-corrected chi connectivity index (χ3v) is 2.63. The molecule has 1 aromatic heterocycles. The Labute approximate surface area is 133 Å². The third-order valence-electron chi connectivity index (χ3n) is 2.63. The lowest BCUT2D eigenvalue weighted by Crippen LogP contribution is -2.06. The van der Waals surface area contributed by atoms with Crippen molar-refractivity contribution in [2.24, 2.45) is 0 Å². The Bertz CT molecular complexity index is 659. The first-order chi connectivity index (χ1) is 11.1. The Morgan fingerprint density at radius 2 is 1.74 bits per heavy atom. The first kappa shape index (κ1) is 17.8. The highest BCUT2D eigenvalue weighted by molar-refractivity contribution is 5.97. The van der Waals surface area contributed by atoms with Gasteiger partial charge in [0.2, 0.25) is 6.41 Å². The quantitative estimate of drug-likeness (QED) is 0.684. The number of benzene rings is 1. The molecule has 0 unspecified atom stereocenters. The molecule has 1 amide bonds. The van der Waals surface area contributed by atoms with Gasteiger partial charge in [-0.05, 0) is 24.3 Å². The number of nitrogens with one attached hydrogen (secondary N) is 1. The Morgan fingerprint density at radius 1 is 1.04 bits per heavy atom. The van der Waals surface area contributed by atoms with Gasteiger partial charge in [0.1, 0.15) is 0 Å². The van der Waals surface area contributed by atoms with Crippen LogP contribution in [-0.2, 0) is 14.3 Å². The van der Waals surface area contributed by atoms with Crippen LogP contribution in [-0.4, -0.2) is 37.6 Å². The SMILES string of the molecule is COC(=O)c1ccccc1NC=O.COC(=O)c1cccnc1. The van der Waals surface area contributed by atoms with E-state index in [1.54, 1.807) is 42.6 Å². The van der Waals surface area contributed by atoms with Gasteiger partial charge in [-0.15, -0.1) is 0 Å². The molecule has 1 N–H and O–H groups in total. The second kappa shape index (κ2) is 9.67. The molecule has 2 aromatic rings. The molecule has 2 rings (SSSR count). The summed E-state index contributed by atoms with van der Waals surface area (Å²) in [6, 6.07) is 9.96. The highest BCUT2D eigenvalue weighted by Gasteiger charge is 2.09. The molecule has 1 heterocycles. The summed E-state index contributed by atoms with van der Waals surface area (Å²) in [5.74, 6) is -0.821. The Morgan fingerprint density at radius 3 is 2.30 bits per heavy atom. The van der Waals surface area contributed by atoms with E-state index in [1.807, 2.05) is 0 Å². The molecule has 0 radical (unpaired) electrons. The molecular weight excluding hydrogens is 300 g/mol. The predicted molar refractivity (Wildman–Crippen MR) is 83.0 cm³/mol. The van der Waals surface area contributed by atoms with Gasteiger partial charge >= 0.3 is 11.9 Å². The Kier molecular flexibility index (Phi) is 7.50. The van der Waals surface area contributed by atoms with Gasteiger partial charge in [-0.25, -0.2) is 9.59 Å². The largest absolute Gasteiger partial charge is 0.465 e. The number of amides is 1. The Balaban J connectivity index is 0.000000238. The number of carbonyl (C=O) groups is 3. The number of pyridine rings is 1. The van der Waals surface area contributed by atoms with Crippen molar-refractivity contribution in [2.75, 3.05) is 19.5 Å². The number of methoxy groups -OCH3 is 2. The number of esters is 2. The van der Waals surface area contributed by atoms with Crippen LogP contribution >= 0.6 is 0 Å². The van der Waals surface area contributed by atoms with Crippen molar-refractivity contribution in [3.8, 4) is 0 Å². The average Bonchev–Trinajstić information content (AvgIpc) is 2.62. The first-order valence-electron chi connectivity index (χ1n) is 6.50. The van der Waals surface area contributed by atoms with Gasteiger partial charge in [0, 0.05) is 12.4 Å². The van der Waals surface area contributed by atoms with E-state index >= 15 is 0 Å². The van der Waals surface area contributed by atoms with Crippen LogP contribution in [0.1, 0.15) is 20.7 Å². The summed E-state index contributed by atoms with van der Waals surface area (Å²) in [5, 5.41) is 2.41. The minimum atomic E-state index is -0.468. The zero-order valence-corrected chi connectivity index (χ0v) is 12.7. The van der Waals surface area contributed by atoms with Crippen LogP contribution in [0.2, 0.25) is 0 Å². The minimum absolute atomic E-state index is 0.345. The molecule has 120 valence electrons. The van der Waals surface area contributed by atoms with Crippen LogP contribution in [0.3, 0.4) is 0 Å². The smallest absolute Gasteiger partial charge is 0.339 e. The van der Waals surface area contributed by atoms with E-state index in [1.165, 1.54) is 20.4 Å². The molecule has 0 aliphatic rings. The van der Waals surface area contributed by atoms with Gasteiger partial charge in [0.05, 0.1) is 31.0 Å². The molecule has 0 fully saturated rings. The molecule has 0 aliphatic carbocycles. The first-order valence-corrected chi connectivity index (χ1v) is 6.50. The zero-order valence-electron chi connectivity index (χ0n) is 12.7. The van der Waals surface area contributed by atoms with Crippen molar-refractivity contribution in [3.05, 3.63) is 59.9 Å². The van der Waals surface area contributed by atoms with Crippen LogP contribution in [0, 0.1) is 0 Å². The normalized spacial score (nSPS) is 8.96. The Hall–Kier alpha value is -3.22. The second-order valence-corrected chi connectivity index (χ2v) is 4.03. The van der Waals surface area contributed by atoms with E-state index in [0.29, 0.717) is 23.2 Å². The number of para-hydroxylation sites is 1. The highest BCUT2D eigenvalue weighted by atomic mass is 16.5. The molecule has 0 atom stereocenters. The second-order valence-electron chi connectivity index (χ2n) is 4.03. The summed E-state index contributed by atoms with van der Waals surface area (Å²) in [4.78, 5) is 35.8. The third kappa shape index (κ3) is 5.58. The van der Waals surface area contributed by atoms with Crippen molar-refractivity contribution < 1.29 is 23.9 Å². The van der Waals surface area contributed by atoms with E-state index < -0.39 is 5.97 Å². The molecule has 1 aromatic carbocycles. The number of hydrogen-bond donors (Lipinski definition) is 1. The van der Waals surface area contributed by atoms with Crippen LogP contribution < -0.4 is 5.32 Å². The van der Waals surface area contributed by atoms with Gasteiger partial charge in [-0.3, -0.25) is 9.78 Å². The molecule has 0 bridgehead atoms. The maximum Gasteiger partial charge on any atom is 0.339 e. The van der Waals surface area contributed by atoms with Crippen LogP contribution in [0.5, 0.6) is 0 Å². The summed E-state index contributed by atoms with van der Waals surface area (Å²) in [6.45, 7) is 0. The number of nitrogens with zero attached hydrogens (tertiary/aromatic N) is 1. The zero-order chi connectivity index (χ0) is 17.1. The van der Waals surface area contributed by atoms with E-state index in [9.17, 15) is 14.4 Å². The van der Waals surface area contributed by atoms with Crippen LogP contribution in [0.25, 0.3) is 0 Å². The van der Waals surface area contributed by atoms with Crippen LogP contribution in [0.15, 0.2) is 48.8 Å². The van der Waals surface area contributed by atoms with E-state index in [-0.39, 0.29) is 5.97 Å².